The minimum Gasteiger partial charge on any atom is -0.377 e. The van der Waals surface area contributed by atoms with Crippen molar-refractivity contribution in [3.63, 3.8) is 0 Å². The number of halogens is 6. The molecule has 0 radical (unpaired) electrons. The van der Waals surface area contributed by atoms with Crippen LogP contribution in [0.15, 0.2) is 109 Å². The van der Waals surface area contributed by atoms with Gasteiger partial charge in [0.15, 0.2) is 11.2 Å². The van der Waals surface area contributed by atoms with Gasteiger partial charge >= 0.3 is 12.4 Å². The van der Waals surface area contributed by atoms with Crippen LogP contribution < -0.4 is 0 Å². The van der Waals surface area contributed by atoms with E-state index in [2.05, 4.69) is 0 Å². The number of benzene rings is 4. The molecule has 4 aromatic carbocycles. The van der Waals surface area contributed by atoms with Crippen molar-refractivity contribution in [3.8, 4) is 0 Å². The van der Waals surface area contributed by atoms with E-state index in [1.165, 1.54) is 24.3 Å². The zero-order chi connectivity index (χ0) is 26.2. The average Bonchev–Trinajstić information content (AvgIpc) is 2.88. The molecule has 0 heterocycles. The maximum absolute atomic E-state index is 13.2. The first-order valence-corrected chi connectivity index (χ1v) is 10.8. The molecule has 2 N–H and O–H groups in total. The van der Waals surface area contributed by atoms with Gasteiger partial charge in [-0.25, -0.2) is 0 Å². The van der Waals surface area contributed by atoms with Crippen molar-refractivity contribution in [1.82, 2.24) is 0 Å². The van der Waals surface area contributed by atoms with E-state index in [1.807, 2.05) is 0 Å². The Morgan fingerprint density at radius 1 is 0.333 bits per heavy atom. The Morgan fingerprint density at radius 2 is 0.556 bits per heavy atom. The molecule has 0 aromatic heterocycles. The predicted octanol–water partition coefficient (Wildman–Crippen LogP) is 6.90. The Labute approximate surface area is 203 Å². The summed E-state index contributed by atoms with van der Waals surface area (Å²) in [5.74, 6) is 0. The van der Waals surface area contributed by atoms with Gasteiger partial charge in [0.2, 0.25) is 0 Å². The summed E-state index contributed by atoms with van der Waals surface area (Å²) in [4.78, 5) is 0. The molecule has 2 nitrogen and oxygen atoms in total. The molecular weight excluding hydrogens is 482 g/mol. The molecule has 2 atom stereocenters. The fourth-order valence-corrected chi connectivity index (χ4v) is 4.33. The molecule has 0 spiro atoms. The Bertz CT molecular complexity index is 1200. The van der Waals surface area contributed by atoms with Crippen LogP contribution in [-0.2, 0) is 23.6 Å². The molecule has 4 aromatic rings. The number of rotatable bonds is 5. The normalized spacial score (nSPS) is 15.7. The minimum absolute atomic E-state index is 0.0899. The second-order valence-corrected chi connectivity index (χ2v) is 8.30. The third kappa shape index (κ3) is 4.38. The summed E-state index contributed by atoms with van der Waals surface area (Å²) < 4.78 is 79.4. The molecule has 0 saturated heterocycles. The van der Waals surface area contributed by atoms with Gasteiger partial charge in [0, 0.05) is 0 Å². The van der Waals surface area contributed by atoms with E-state index in [0.717, 1.165) is 48.5 Å². The van der Waals surface area contributed by atoms with Crippen molar-refractivity contribution in [2.24, 2.45) is 0 Å². The molecule has 36 heavy (non-hydrogen) atoms. The fourth-order valence-electron chi connectivity index (χ4n) is 4.33. The molecule has 186 valence electrons. The summed E-state index contributed by atoms with van der Waals surface area (Å²) in [6.45, 7) is 0. The minimum atomic E-state index is -4.63. The molecule has 0 amide bonds. The monoisotopic (exact) mass is 502 g/mol. The van der Waals surface area contributed by atoms with E-state index in [9.17, 15) is 36.6 Å². The van der Waals surface area contributed by atoms with Gasteiger partial charge < -0.3 is 10.2 Å². The lowest BCUT2D eigenvalue weighted by Gasteiger charge is -2.45. The van der Waals surface area contributed by atoms with Gasteiger partial charge in [-0.2, -0.15) is 26.3 Å². The van der Waals surface area contributed by atoms with Crippen LogP contribution in [0, 0.1) is 0 Å². The van der Waals surface area contributed by atoms with Crippen molar-refractivity contribution in [3.05, 3.63) is 143 Å². The van der Waals surface area contributed by atoms with Crippen LogP contribution >= 0.6 is 0 Å². The Kier molecular flexibility index (Phi) is 6.45. The molecular formula is C28H20F6O2. The largest absolute Gasteiger partial charge is 0.416 e. The van der Waals surface area contributed by atoms with Crippen LogP contribution in [0.5, 0.6) is 0 Å². The maximum atomic E-state index is 13.2. The maximum Gasteiger partial charge on any atom is 0.416 e. The smallest absolute Gasteiger partial charge is 0.377 e. The molecule has 2 unspecified atom stereocenters. The molecule has 4 rings (SSSR count). The average molecular weight is 502 g/mol. The second-order valence-electron chi connectivity index (χ2n) is 8.30. The Hall–Kier alpha value is -3.62. The molecule has 0 aliphatic heterocycles. The van der Waals surface area contributed by atoms with Gasteiger partial charge in [-0.3, -0.25) is 0 Å². The highest BCUT2D eigenvalue weighted by atomic mass is 19.4. The van der Waals surface area contributed by atoms with E-state index in [4.69, 9.17) is 0 Å². The summed E-state index contributed by atoms with van der Waals surface area (Å²) >= 11 is 0. The third-order valence-corrected chi connectivity index (χ3v) is 6.17. The van der Waals surface area contributed by atoms with Crippen LogP contribution in [0.25, 0.3) is 0 Å². The molecule has 0 aliphatic rings. The van der Waals surface area contributed by atoms with Crippen molar-refractivity contribution in [2.45, 2.75) is 23.6 Å². The molecule has 0 aliphatic carbocycles. The van der Waals surface area contributed by atoms with Gasteiger partial charge in [0.1, 0.15) is 0 Å². The lowest BCUT2D eigenvalue weighted by atomic mass is 9.66. The van der Waals surface area contributed by atoms with Crippen molar-refractivity contribution >= 4 is 0 Å². The highest BCUT2D eigenvalue weighted by Gasteiger charge is 2.54. The van der Waals surface area contributed by atoms with Crippen LogP contribution in [0.3, 0.4) is 0 Å². The predicted molar refractivity (Wildman–Crippen MR) is 122 cm³/mol. The van der Waals surface area contributed by atoms with Gasteiger partial charge in [-0.1, -0.05) is 84.9 Å². The summed E-state index contributed by atoms with van der Waals surface area (Å²) in [5.41, 5.74) is -6.66. The summed E-state index contributed by atoms with van der Waals surface area (Å²) in [7, 11) is 0. The van der Waals surface area contributed by atoms with E-state index < -0.39 is 34.7 Å². The highest BCUT2D eigenvalue weighted by Crippen LogP contribution is 2.50. The molecule has 0 saturated carbocycles. The van der Waals surface area contributed by atoms with Gasteiger partial charge in [-0.15, -0.1) is 0 Å². The zero-order valence-electron chi connectivity index (χ0n) is 18.6. The zero-order valence-corrected chi connectivity index (χ0v) is 18.6. The van der Waals surface area contributed by atoms with Crippen molar-refractivity contribution < 1.29 is 36.6 Å². The molecule has 8 heteroatoms. The Morgan fingerprint density at radius 3 is 0.806 bits per heavy atom. The quantitative estimate of drug-likeness (QED) is 0.292. The first-order valence-electron chi connectivity index (χ1n) is 10.8. The fraction of sp³-hybridized carbons (Fsp3) is 0.143. The summed E-state index contributed by atoms with van der Waals surface area (Å²) in [6.07, 6.45) is -9.26. The van der Waals surface area contributed by atoms with E-state index in [0.29, 0.717) is 0 Å². The van der Waals surface area contributed by atoms with Gasteiger partial charge in [0.25, 0.3) is 0 Å². The third-order valence-electron chi connectivity index (χ3n) is 6.17. The number of hydrogen-bond donors (Lipinski definition) is 2. The number of aliphatic hydroxyl groups is 2. The number of alkyl halides is 6. The Balaban J connectivity index is 2.03. The van der Waals surface area contributed by atoms with Crippen molar-refractivity contribution in [1.29, 1.82) is 0 Å². The lowest BCUT2D eigenvalue weighted by Crippen LogP contribution is -2.51. The lowest BCUT2D eigenvalue weighted by molar-refractivity contribution is -0.138. The first-order chi connectivity index (χ1) is 16.9. The standard InChI is InChI=1S/C28H20F6O2/c29-27(30,31)23-15-11-21(12-16-23)25(35,19-7-3-1-4-8-19)26(36,20-9-5-2-6-10-20)22-13-17-24(18-14-22)28(32,33)34/h1-18,35-36H. The van der Waals surface area contributed by atoms with E-state index >= 15 is 0 Å². The SMILES string of the molecule is OC(c1ccccc1)(c1ccc(C(F)(F)F)cc1)C(O)(c1ccccc1)c1ccc(C(F)(F)F)cc1. The van der Waals surface area contributed by atoms with Crippen LogP contribution in [0.2, 0.25) is 0 Å². The summed E-state index contributed by atoms with van der Waals surface area (Å²) in [6, 6.07) is 22.8. The van der Waals surface area contributed by atoms with E-state index in [-0.39, 0.29) is 22.3 Å². The van der Waals surface area contributed by atoms with Crippen LogP contribution in [0.1, 0.15) is 33.4 Å². The topological polar surface area (TPSA) is 40.5 Å². The second kappa shape index (κ2) is 9.11. The van der Waals surface area contributed by atoms with Crippen LogP contribution in [-0.4, -0.2) is 10.2 Å². The summed E-state index contributed by atoms with van der Waals surface area (Å²) in [5, 5.41) is 24.7. The molecule has 0 fully saturated rings. The number of hydrogen-bond acceptors (Lipinski definition) is 2. The van der Waals surface area contributed by atoms with Crippen molar-refractivity contribution in [2.75, 3.05) is 0 Å². The first kappa shape index (κ1) is 25.5. The van der Waals surface area contributed by atoms with Gasteiger partial charge in [0.05, 0.1) is 11.1 Å². The van der Waals surface area contributed by atoms with Crippen LogP contribution in [0.4, 0.5) is 26.3 Å². The van der Waals surface area contributed by atoms with E-state index in [1.54, 1.807) is 36.4 Å². The highest BCUT2D eigenvalue weighted by molar-refractivity contribution is 5.51. The van der Waals surface area contributed by atoms with Gasteiger partial charge in [-0.05, 0) is 46.5 Å². The molecule has 0 bridgehead atoms.